The summed E-state index contributed by atoms with van der Waals surface area (Å²) in [5.41, 5.74) is 0. The third kappa shape index (κ3) is 2.68. The van der Waals surface area contributed by atoms with Gasteiger partial charge in [-0.25, -0.2) is 0 Å². The number of hydrogen-bond donors (Lipinski definition) is 0. The zero-order valence-electron chi connectivity index (χ0n) is 10.1. The fraction of sp³-hybridized carbons (Fsp3) is 0.0769. The van der Waals surface area contributed by atoms with E-state index in [4.69, 9.17) is 8.83 Å². The molecule has 0 aromatic carbocycles. The van der Waals surface area contributed by atoms with Gasteiger partial charge < -0.3 is 8.83 Å². The number of carbonyl (C=O) groups is 2. The maximum atomic E-state index is 12.0. The van der Waals surface area contributed by atoms with E-state index in [1.54, 1.807) is 12.1 Å². The molecule has 98 valence electrons. The van der Waals surface area contributed by atoms with Crippen molar-refractivity contribution < 1.29 is 18.4 Å². The summed E-state index contributed by atoms with van der Waals surface area (Å²) in [6.07, 6.45) is 1.47. The fourth-order valence-electron chi connectivity index (χ4n) is 1.43. The minimum absolute atomic E-state index is 0.0661. The molecule has 2 rings (SSSR count). The lowest BCUT2D eigenvalue weighted by Gasteiger charge is -2.11. The Morgan fingerprint density at radius 1 is 1.16 bits per heavy atom. The second-order valence-electron chi connectivity index (χ2n) is 3.68. The maximum Gasteiger partial charge on any atom is 0.296 e. The number of carbonyl (C=O) groups excluding carboxylic acids is 2. The van der Waals surface area contributed by atoms with E-state index in [2.05, 4.69) is 22.5 Å². The van der Waals surface area contributed by atoms with Gasteiger partial charge >= 0.3 is 0 Å². The lowest BCUT2D eigenvalue weighted by molar-refractivity contribution is 0.0617. The number of hydrogen-bond acceptors (Lipinski definition) is 4. The van der Waals surface area contributed by atoms with E-state index in [0.717, 1.165) is 4.90 Å². The molecular formula is C13H10BrNO4. The number of imide groups is 1. The number of halogens is 1. The number of furan rings is 2. The summed E-state index contributed by atoms with van der Waals surface area (Å²) in [7, 11) is 1.36. The first-order chi connectivity index (χ1) is 9.02. The normalized spacial score (nSPS) is 10.2. The lowest BCUT2D eigenvalue weighted by atomic mass is 10.3. The Morgan fingerprint density at radius 2 is 1.74 bits per heavy atom. The van der Waals surface area contributed by atoms with Crippen molar-refractivity contribution in [2.45, 2.75) is 0 Å². The van der Waals surface area contributed by atoms with Gasteiger partial charge in [0.25, 0.3) is 11.8 Å². The molecule has 2 aromatic rings. The van der Waals surface area contributed by atoms with E-state index in [-0.39, 0.29) is 11.5 Å². The molecule has 2 aromatic heterocycles. The zero-order valence-corrected chi connectivity index (χ0v) is 11.6. The van der Waals surface area contributed by atoms with Crippen molar-refractivity contribution in [3.8, 4) is 0 Å². The van der Waals surface area contributed by atoms with E-state index in [9.17, 15) is 9.59 Å². The monoisotopic (exact) mass is 323 g/mol. The van der Waals surface area contributed by atoms with Crippen LogP contribution in [0, 0.1) is 0 Å². The summed E-state index contributed by atoms with van der Waals surface area (Å²) in [4.78, 5) is 24.9. The molecule has 0 unspecified atom stereocenters. The standard InChI is InChI=1S/C13H10BrNO4/c1-3-8-4-5-9(18-8)12(16)15(2)13(17)10-6-7-11(14)19-10/h3-7H,1H2,2H3. The molecule has 0 N–H and O–H groups in total. The number of nitrogens with zero attached hydrogens (tertiary/aromatic N) is 1. The molecule has 0 saturated heterocycles. The van der Waals surface area contributed by atoms with Crippen LogP contribution in [0.15, 0.2) is 44.3 Å². The Labute approximate surface area is 117 Å². The van der Waals surface area contributed by atoms with Crippen LogP contribution in [0.5, 0.6) is 0 Å². The van der Waals surface area contributed by atoms with Crippen molar-refractivity contribution in [2.75, 3.05) is 7.05 Å². The van der Waals surface area contributed by atoms with Crippen LogP contribution in [0.25, 0.3) is 6.08 Å². The number of amides is 2. The summed E-state index contributed by atoms with van der Waals surface area (Å²) in [5, 5.41) is 0. The zero-order chi connectivity index (χ0) is 14.0. The highest BCUT2D eigenvalue weighted by Crippen LogP contribution is 2.17. The van der Waals surface area contributed by atoms with E-state index < -0.39 is 11.8 Å². The Bertz CT molecular complexity index is 641. The molecule has 0 aliphatic carbocycles. The summed E-state index contributed by atoms with van der Waals surface area (Å²) in [6, 6.07) is 6.14. The van der Waals surface area contributed by atoms with Crippen LogP contribution >= 0.6 is 15.9 Å². The first-order valence-electron chi connectivity index (χ1n) is 5.33. The Hall–Kier alpha value is -2.08. The van der Waals surface area contributed by atoms with E-state index >= 15 is 0 Å². The van der Waals surface area contributed by atoms with Crippen molar-refractivity contribution in [1.82, 2.24) is 4.90 Å². The van der Waals surface area contributed by atoms with Gasteiger partial charge in [0.15, 0.2) is 16.2 Å². The molecule has 0 radical (unpaired) electrons. The second-order valence-corrected chi connectivity index (χ2v) is 4.46. The van der Waals surface area contributed by atoms with Crippen LogP contribution in [0.2, 0.25) is 0 Å². The van der Waals surface area contributed by atoms with Gasteiger partial charge in [-0.05, 0) is 46.3 Å². The number of rotatable bonds is 3. The molecule has 2 amide bonds. The molecule has 0 atom stereocenters. The van der Waals surface area contributed by atoms with Crippen LogP contribution in [-0.4, -0.2) is 23.8 Å². The predicted molar refractivity (Wildman–Crippen MR) is 71.6 cm³/mol. The van der Waals surface area contributed by atoms with Crippen molar-refractivity contribution in [3.63, 3.8) is 0 Å². The molecule has 0 spiro atoms. The summed E-state index contributed by atoms with van der Waals surface area (Å²) >= 11 is 3.09. The molecule has 0 fully saturated rings. The molecule has 19 heavy (non-hydrogen) atoms. The van der Waals surface area contributed by atoms with Crippen molar-refractivity contribution in [1.29, 1.82) is 0 Å². The van der Waals surface area contributed by atoms with Gasteiger partial charge in [-0.1, -0.05) is 6.58 Å². The Kier molecular flexibility index (Phi) is 3.71. The molecule has 0 bridgehead atoms. The molecule has 2 heterocycles. The molecule has 0 saturated carbocycles. The fourth-order valence-corrected chi connectivity index (χ4v) is 1.74. The topological polar surface area (TPSA) is 63.7 Å². The molecular weight excluding hydrogens is 314 g/mol. The smallest absolute Gasteiger partial charge is 0.296 e. The first kappa shape index (κ1) is 13.4. The SMILES string of the molecule is C=Cc1ccc(C(=O)N(C)C(=O)c2ccc(Br)o2)o1. The Morgan fingerprint density at radius 3 is 2.21 bits per heavy atom. The molecule has 0 aliphatic heterocycles. The average molecular weight is 324 g/mol. The van der Waals surface area contributed by atoms with Gasteiger partial charge in [0, 0.05) is 7.05 Å². The third-order valence-corrected chi connectivity index (χ3v) is 2.86. The minimum atomic E-state index is -0.550. The van der Waals surface area contributed by atoms with Crippen molar-refractivity contribution >= 4 is 33.8 Å². The summed E-state index contributed by atoms with van der Waals surface area (Å²) in [6.45, 7) is 3.53. The van der Waals surface area contributed by atoms with Gasteiger partial charge in [0.05, 0.1) is 0 Å². The van der Waals surface area contributed by atoms with Gasteiger partial charge in [-0.2, -0.15) is 0 Å². The average Bonchev–Trinajstić information content (AvgIpc) is 3.04. The van der Waals surface area contributed by atoms with E-state index in [0.29, 0.717) is 10.4 Å². The van der Waals surface area contributed by atoms with Crippen LogP contribution in [-0.2, 0) is 0 Å². The minimum Gasteiger partial charge on any atom is -0.452 e. The van der Waals surface area contributed by atoms with Gasteiger partial charge in [-0.15, -0.1) is 0 Å². The quantitative estimate of drug-likeness (QED) is 0.814. The van der Waals surface area contributed by atoms with Crippen molar-refractivity contribution in [3.05, 3.63) is 52.8 Å². The van der Waals surface area contributed by atoms with Crippen LogP contribution in [0.4, 0.5) is 0 Å². The highest BCUT2D eigenvalue weighted by molar-refractivity contribution is 9.10. The predicted octanol–water partition coefficient (Wildman–Crippen LogP) is 3.19. The maximum absolute atomic E-state index is 12.0. The van der Waals surface area contributed by atoms with Crippen LogP contribution in [0.1, 0.15) is 26.9 Å². The first-order valence-corrected chi connectivity index (χ1v) is 6.12. The summed E-state index contributed by atoms with van der Waals surface area (Å²) < 4.78 is 10.7. The highest BCUT2D eigenvalue weighted by atomic mass is 79.9. The van der Waals surface area contributed by atoms with E-state index in [1.165, 1.54) is 25.3 Å². The second kappa shape index (κ2) is 5.27. The molecule has 6 heteroatoms. The highest BCUT2D eigenvalue weighted by Gasteiger charge is 2.24. The largest absolute Gasteiger partial charge is 0.452 e. The molecule has 5 nitrogen and oxygen atoms in total. The van der Waals surface area contributed by atoms with Crippen molar-refractivity contribution in [2.24, 2.45) is 0 Å². The van der Waals surface area contributed by atoms with Crippen LogP contribution < -0.4 is 0 Å². The molecule has 0 aliphatic rings. The van der Waals surface area contributed by atoms with Gasteiger partial charge in [0.1, 0.15) is 5.76 Å². The lowest BCUT2D eigenvalue weighted by Crippen LogP contribution is -2.32. The van der Waals surface area contributed by atoms with Gasteiger partial charge in [-0.3, -0.25) is 14.5 Å². The summed E-state index contributed by atoms with van der Waals surface area (Å²) in [5.74, 6) is -0.502. The third-order valence-electron chi connectivity index (χ3n) is 2.43. The van der Waals surface area contributed by atoms with E-state index in [1.807, 2.05) is 0 Å². The Balaban J connectivity index is 2.19. The van der Waals surface area contributed by atoms with Gasteiger partial charge in [0.2, 0.25) is 0 Å². The van der Waals surface area contributed by atoms with Crippen LogP contribution in [0.3, 0.4) is 0 Å².